The van der Waals surface area contributed by atoms with Crippen LogP contribution in [0.5, 0.6) is 5.75 Å². The Balaban J connectivity index is 1.85. The van der Waals surface area contributed by atoms with Crippen molar-refractivity contribution in [3.8, 4) is 16.9 Å². The highest BCUT2D eigenvalue weighted by Gasteiger charge is 2.09. The van der Waals surface area contributed by atoms with Gasteiger partial charge in [0.15, 0.2) is 11.7 Å². The number of carbonyl (C=O) groups is 2. The lowest BCUT2D eigenvalue weighted by molar-refractivity contribution is -0.124. The zero-order valence-corrected chi connectivity index (χ0v) is 15.3. The Bertz CT molecular complexity index is 766. The van der Waals surface area contributed by atoms with Crippen LogP contribution in [0.25, 0.3) is 11.1 Å². The SMILES string of the molecule is CCCC(=O)NC(=S)NNC(=O)COc1ccccc1-c1ccccc1. The number of ether oxygens (including phenoxy) is 1. The Kier molecular flexibility index (Phi) is 7.57. The van der Waals surface area contributed by atoms with Gasteiger partial charge in [-0.1, -0.05) is 55.5 Å². The molecule has 0 radical (unpaired) electrons. The van der Waals surface area contributed by atoms with Crippen LogP contribution in [-0.2, 0) is 9.59 Å². The summed E-state index contributed by atoms with van der Waals surface area (Å²) >= 11 is 4.93. The molecule has 0 aliphatic carbocycles. The van der Waals surface area contributed by atoms with Crippen LogP contribution < -0.4 is 20.9 Å². The van der Waals surface area contributed by atoms with Crippen molar-refractivity contribution in [3.63, 3.8) is 0 Å². The molecular formula is C19H21N3O3S. The van der Waals surface area contributed by atoms with Crippen molar-refractivity contribution >= 4 is 29.1 Å². The molecule has 0 spiro atoms. The monoisotopic (exact) mass is 371 g/mol. The molecule has 2 rings (SSSR count). The van der Waals surface area contributed by atoms with E-state index in [1.807, 2.05) is 55.5 Å². The minimum atomic E-state index is -0.417. The molecule has 0 aromatic heterocycles. The third-order valence-electron chi connectivity index (χ3n) is 3.38. The molecule has 2 aromatic carbocycles. The Morgan fingerprint density at radius 3 is 2.38 bits per heavy atom. The lowest BCUT2D eigenvalue weighted by Gasteiger charge is -2.13. The Labute approximate surface area is 157 Å². The third kappa shape index (κ3) is 6.18. The molecule has 0 fully saturated rings. The fourth-order valence-corrected chi connectivity index (χ4v) is 2.37. The summed E-state index contributed by atoms with van der Waals surface area (Å²) in [6.45, 7) is 1.70. The molecule has 0 saturated heterocycles. The fraction of sp³-hybridized carbons (Fsp3) is 0.211. The summed E-state index contributed by atoms with van der Waals surface area (Å²) < 4.78 is 5.62. The van der Waals surface area contributed by atoms with E-state index in [1.165, 1.54) is 0 Å². The Hall–Kier alpha value is -2.93. The molecular weight excluding hydrogens is 350 g/mol. The number of benzene rings is 2. The van der Waals surface area contributed by atoms with E-state index < -0.39 is 5.91 Å². The zero-order chi connectivity index (χ0) is 18.8. The van der Waals surface area contributed by atoms with Crippen LogP contribution in [0, 0.1) is 0 Å². The van der Waals surface area contributed by atoms with E-state index in [1.54, 1.807) is 6.07 Å². The second kappa shape index (κ2) is 10.1. The number of hydrazine groups is 1. The number of hydrogen-bond donors (Lipinski definition) is 3. The maximum absolute atomic E-state index is 11.9. The number of thiocarbonyl (C=S) groups is 1. The summed E-state index contributed by atoms with van der Waals surface area (Å²) in [6.07, 6.45) is 1.09. The first-order valence-electron chi connectivity index (χ1n) is 8.26. The largest absolute Gasteiger partial charge is 0.483 e. The van der Waals surface area contributed by atoms with Gasteiger partial charge in [0.25, 0.3) is 5.91 Å². The molecule has 26 heavy (non-hydrogen) atoms. The zero-order valence-electron chi connectivity index (χ0n) is 14.5. The van der Waals surface area contributed by atoms with Gasteiger partial charge in [-0.15, -0.1) is 0 Å². The van der Waals surface area contributed by atoms with Crippen LogP contribution >= 0.6 is 12.2 Å². The van der Waals surface area contributed by atoms with Crippen LogP contribution in [-0.4, -0.2) is 23.5 Å². The van der Waals surface area contributed by atoms with Crippen molar-refractivity contribution in [2.45, 2.75) is 19.8 Å². The first-order chi connectivity index (χ1) is 12.6. The van der Waals surface area contributed by atoms with E-state index >= 15 is 0 Å². The van der Waals surface area contributed by atoms with Crippen LogP contribution in [0.4, 0.5) is 0 Å². The second-order valence-electron chi connectivity index (χ2n) is 5.45. The molecule has 136 valence electrons. The molecule has 6 nitrogen and oxygen atoms in total. The van der Waals surface area contributed by atoms with E-state index in [9.17, 15) is 9.59 Å². The highest BCUT2D eigenvalue weighted by atomic mass is 32.1. The Morgan fingerprint density at radius 2 is 1.65 bits per heavy atom. The highest BCUT2D eigenvalue weighted by molar-refractivity contribution is 7.80. The molecule has 2 amide bonds. The van der Waals surface area contributed by atoms with Gasteiger partial charge in [-0.25, -0.2) is 0 Å². The van der Waals surface area contributed by atoms with Crippen molar-refractivity contribution in [1.29, 1.82) is 0 Å². The predicted octanol–water partition coefficient (Wildman–Crippen LogP) is 2.55. The lowest BCUT2D eigenvalue weighted by atomic mass is 10.1. The topological polar surface area (TPSA) is 79.5 Å². The first kappa shape index (κ1) is 19.4. The Morgan fingerprint density at radius 1 is 0.962 bits per heavy atom. The van der Waals surface area contributed by atoms with Gasteiger partial charge in [0.1, 0.15) is 5.75 Å². The standard InChI is InChI=1S/C19H21N3O3S/c1-2-8-17(23)20-19(26)22-21-18(24)13-25-16-12-7-6-11-15(16)14-9-4-3-5-10-14/h3-7,9-12H,2,8,13H2,1H3,(H,21,24)(H2,20,22,23,26). The normalized spacial score (nSPS) is 9.88. The molecule has 0 aliphatic rings. The minimum absolute atomic E-state index is 0.0430. The maximum atomic E-state index is 11.9. The van der Waals surface area contributed by atoms with Gasteiger partial charge in [-0.2, -0.15) is 0 Å². The summed E-state index contributed by atoms with van der Waals surface area (Å²) in [4.78, 5) is 23.3. The summed E-state index contributed by atoms with van der Waals surface area (Å²) in [5, 5.41) is 2.51. The van der Waals surface area contributed by atoms with Crippen molar-refractivity contribution < 1.29 is 14.3 Å². The molecule has 7 heteroatoms. The van der Waals surface area contributed by atoms with Crippen LogP contribution in [0.15, 0.2) is 54.6 Å². The van der Waals surface area contributed by atoms with Crippen molar-refractivity contribution in [3.05, 3.63) is 54.6 Å². The van der Waals surface area contributed by atoms with Gasteiger partial charge in [0.05, 0.1) is 0 Å². The van der Waals surface area contributed by atoms with E-state index in [0.29, 0.717) is 12.2 Å². The van der Waals surface area contributed by atoms with Gasteiger partial charge < -0.3 is 10.1 Å². The van der Waals surface area contributed by atoms with Gasteiger partial charge in [-0.3, -0.25) is 20.4 Å². The molecule has 2 aromatic rings. The van der Waals surface area contributed by atoms with Gasteiger partial charge in [0, 0.05) is 12.0 Å². The molecule has 0 bridgehead atoms. The fourth-order valence-electron chi connectivity index (χ4n) is 2.20. The van der Waals surface area contributed by atoms with Gasteiger partial charge in [0.2, 0.25) is 5.91 Å². The highest BCUT2D eigenvalue weighted by Crippen LogP contribution is 2.29. The first-order valence-corrected chi connectivity index (χ1v) is 8.67. The molecule has 0 aliphatic heterocycles. The predicted molar refractivity (Wildman–Crippen MR) is 104 cm³/mol. The van der Waals surface area contributed by atoms with Crippen LogP contribution in [0.1, 0.15) is 19.8 Å². The van der Waals surface area contributed by atoms with Crippen molar-refractivity contribution in [2.24, 2.45) is 0 Å². The summed E-state index contributed by atoms with van der Waals surface area (Å²) in [5.74, 6) is -0.0140. The smallest absolute Gasteiger partial charge is 0.276 e. The van der Waals surface area contributed by atoms with E-state index in [4.69, 9.17) is 17.0 Å². The molecule has 0 saturated carbocycles. The number of hydrogen-bond acceptors (Lipinski definition) is 4. The lowest BCUT2D eigenvalue weighted by Crippen LogP contribution is -2.49. The number of carbonyl (C=O) groups excluding carboxylic acids is 2. The minimum Gasteiger partial charge on any atom is -0.483 e. The third-order valence-corrected chi connectivity index (χ3v) is 3.58. The van der Waals surface area contributed by atoms with E-state index in [-0.39, 0.29) is 17.6 Å². The molecule has 0 atom stereocenters. The number of rotatable bonds is 6. The van der Waals surface area contributed by atoms with Crippen molar-refractivity contribution in [1.82, 2.24) is 16.2 Å². The van der Waals surface area contributed by atoms with Crippen molar-refractivity contribution in [2.75, 3.05) is 6.61 Å². The average Bonchev–Trinajstić information content (AvgIpc) is 2.66. The maximum Gasteiger partial charge on any atom is 0.276 e. The summed E-state index contributed by atoms with van der Waals surface area (Å²) in [5.41, 5.74) is 6.76. The molecule has 0 unspecified atom stereocenters. The van der Waals surface area contributed by atoms with Gasteiger partial charge >= 0.3 is 0 Å². The summed E-state index contributed by atoms with van der Waals surface area (Å²) in [7, 11) is 0. The molecule has 0 heterocycles. The average molecular weight is 371 g/mol. The van der Waals surface area contributed by atoms with Gasteiger partial charge in [-0.05, 0) is 30.3 Å². The number of para-hydroxylation sites is 1. The number of amides is 2. The van der Waals surface area contributed by atoms with E-state index in [2.05, 4.69) is 16.2 Å². The number of nitrogens with one attached hydrogen (secondary N) is 3. The van der Waals surface area contributed by atoms with Crippen LogP contribution in [0.3, 0.4) is 0 Å². The quantitative estimate of drug-likeness (QED) is 0.537. The summed E-state index contributed by atoms with van der Waals surface area (Å²) in [6, 6.07) is 17.3. The second-order valence-corrected chi connectivity index (χ2v) is 5.86. The van der Waals surface area contributed by atoms with Crippen LogP contribution in [0.2, 0.25) is 0 Å². The van der Waals surface area contributed by atoms with E-state index in [0.717, 1.165) is 17.5 Å². The molecule has 3 N–H and O–H groups in total.